The minimum atomic E-state index is -4.68. The smallest absolute Gasteiger partial charge is 0.419 e. The number of hydrogen-bond donors (Lipinski definition) is 2. The molecule has 0 aliphatic carbocycles. The monoisotopic (exact) mass is 430 g/mol. The van der Waals surface area contributed by atoms with Crippen LogP contribution < -0.4 is 15.4 Å². The first-order valence-corrected chi connectivity index (χ1v) is 8.93. The van der Waals surface area contributed by atoms with Crippen LogP contribution in [0, 0.1) is 6.92 Å². The molecule has 0 aliphatic rings. The van der Waals surface area contributed by atoms with E-state index < -0.39 is 23.6 Å². The zero-order valence-electron chi connectivity index (χ0n) is 16.4. The second kappa shape index (κ2) is 8.82. The van der Waals surface area contributed by atoms with Gasteiger partial charge in [-0.2, -0.15) is 13.2 Å². The number of hydrogen-bond acceptors (Lipinski definition) is 5. The maximum Gasteiger partial charge on any atom is 0.419 e. The van der Waals surface area contributed by atoms with Gasteiger partial charge in [0.25, 0.3) is 11.8 Å². The predicted octanol–water partition coefficient (Wildman–Crippen LogP) is 4.32. The molecule has 2 N–H and O–H groups in total. The van der Waals surface area contributed by atoms with Gasteiger partial charge in [-0.3, -0.25) is 9.59 Å². The van der Waals surface area contributed by atoms with Crippen molar-refractivity contribution < 1.29 is 27.5 Å². The second-order valence-corrected chi connectivity index (χ2v) is 6.45. The summed E-state index contributed by atoms with van der Waals surface area (Å²) in [6, 6.07) is 9.21. The Labute approximate surface area is 175 Å². The first-order chi connectivity index (χ1) is 14.7. The van der Waals surface area contributed by atoms with Crippen molar-refractivity contribution in [1.82, 2.24) is 9.97 Å². The summed E-state index contributed by atoms with van der Waals surface area (Å²) in [6.45, 7) is 1.75. The van der Waals surface area contributed by atoms with Crippen molar-refractivity contribution in [2.24, 2.45) is 0 Å². The molecule has 0 aliphatic heterocycles. The van der Waals surface area contributed by atoms with E-state index in [1.54, 1.807) is 19.1 Å². The zero-order chi connectivity index (χ0) is 22.6. The third kappa shape index (κ3) is 5.16. The lowest BCUT2D eigenvalue weighted by Gasteiger charge is -2.14. The van der Waals surface area contributed by atoms with Crippen LogP contribution in [0.1, 0.15) is 32.0 Å². The molecule has 2 aromatic carbocycles. The Kier molecular flexibility index (Phi) is 6.19. The highest BCUT2D eigenvalue weighted by Gasteiger charge is 2.35. The van der Waals surface area contributed by atoms with Crippen molar-refractivity contribution in [2.75, 3.05) is 17.7 Å². The Hall–Kier alpha value is -3.95. The van der Waals surface area contributed by atoms with Crippen LogP contribution >= 0.6 is 0 Å². The van der Waals surface area contributed by atoms with Gasteiger partial charge in [0.05, 0.1) is 12.7 Å². The Balaban J connectivity index is 1.81. The molecular weight excluding hydrogens is 413 g/mol. The van der Waals surface area contributed by atoms with E-state index in [9.17, 15) is 22.8 Å². The van der Waals surface area contributed by atoms with Crippen LogP contribution in [-0.2, 0) is 6.18 Å². The van der Waals surface area contributed by atoms with Crippen LogP contribution in [0.3, 0.4) is 0 Å². The number of rotatable bonds is 5. The van der Waals surface area contributed by atoms with Gasteiger partial charge >= 0.3 is 6.18 Å². The third-order valence-corrected chi connectivity index (χ3v) is 4.33. The van der Waals surface area contributed by atoms with Gasteiger partial charge in [-0.25, -0.2) is 9.97 Å². The summed E-state index contributed by atoms with van der Waals surface area (Å²) in [5, 5.41) is 5.21. The number of aryl methyl sites for hydroxylation is 1. The van der Waals surface area contributed by atoms with Crippen molar-refractivity contribution >= 4 is 23.2 Å². The third-order valence-electron chi connectivity index (χ3n) is 4.33. The molecule has 160 valence electrons. The number of nitrogens with one attached hydrogen (secondary N) is 2. The van der Waals surface area contributed by atoms with E-state index in [1.165, 1.54) is 30.7 Å². The number of aromatic nitrogens is 2. The number of methoxy groups -OCH3 is 1. The molecule has 0 spiro atoms. The topological polar surface area (TPSA) is 93.2 Å². The maximum absolute atomic E-state index is 13.2. The van der Waals surface area contributed by atoms with Gasteiger partial charge in [-0.1, -0.05) is 6.07 Å². The molecule has 1 heterocycles. The van der Waals surface area contributed by atoms with Crippen LogP contribution in [0.15, 0.2) is 55.0 Å². The number of halogens is 3. The van der Waals surface area contributed by atoms with Gasteiger partial charge in [0.15, 0.2) is 0 Å². The summed E-state index contributed by atoms with van der Waals surface area (Å²) >= 11 is 0. The molecule has 0 unspecified atom stereocenters. The van der Waals surface area contributed by atoms with Crippen LogP contribution in [0.25, 0.3) is 0 Å². The molecule has 3 aromatic rings. The first-order valence-electron chi connectivity index (χ1n) is 8.93. The fourth-order valence-corrected chi connectivity index (χ4v) is 2.72. The van der Waals surface area contributed by atoms with E-state index in [0.717, 1.165) is 19.2 Å². The molecule has 0 saturated heterocycles. The summed E-state index contributed by atoms with van der Waals surface area (Å²) in [5.41, 5.74) is 0.320. The molecule has 0 atom stereocenters. The van der Waals surface area contributed by atoms with Crippen molar-refractivity contribution in [3.05, 3.63) is 77.4 Å². The predicted molar refractivity (Wildman–Crippen MR) is 107 cm³/mol. The minimum absolute atomic E-state index is 0.154. The molecule has 3 rings (SSSR count). The number of amides is 2. The molecule has 2 amide bonds. The molecule has 1 aromatic heterocycles. The molecule has 0 radical (unpaired) electrons. The largest absolute Gasteiger partial charge is 0.496 e. The number of alkyl halides is 3. The van der Waals surface area contributed by atoms with E-state index in [0.29, 0.717) is 11.3 Å². The number of ether oxygens (including phenoxy) is 1. The molecule has 0 bridgehead atoms. The van der Waals surface area contributed by atoms with Crippen molar-refractivity contribution in [3.63, 3.8) is 0 Å². The summed E-state index contributed by atoms with van der Waals surface area (Å²) in [7, 11) is 1.12. The zero-order valence-corrected chi connectivity index (χ0v) is 16.4. The Bertz CT molecular complexity index is 1120. The second-order valence-electron chi connectivity index (χ2n) is 6.45. The van der Waals surface area contributed by atoms with E-state index in [-0.39, 0.29) is 22.7 Å². The molecular formula is C21H17F3N4O3. The lowest BCUT2D eigenvalue weighted by Crippen LogP contribution is -2.16. The van der Waals surface area contributed by atoms with E-state index >= 15 is 0 Å². The average molecular weight is 430 g/mol. The summed E-state index contributed by atoms with van der Waals surface area (Å²) in [5.74, 6) is -1.60. The molecule has 31 heavy (non-hydrogen) atoms. The van der Waals surface area contributed by atoms with Crippen molar-refractivity contribution in [3.8, 4) is 5.75 Å². The van der Waals surface area contributed by atoms with Crippen LogP contribution in [0.4, 0.5) is 24.5 Å². The Morgan fingerprint density at radius 2 is 1.77 bits per heavy atom. The summed E-state index contributed by atoms with van der Waals surface area (Å²) in [6.07, 6.45) is -2.01. The summed E-state index contributed by atoms with van der Waals surface area (Å²) in [4.78, 5) is 32.4. The standard InChI is InChI=1S/C21H17F3N4O3/c1-12-3-5-14(10-17(12)28-20(30)16-7-8-25-11-26-16)27-19(29)13-4-6-18(31-2)15(9-13)21(22,23)24/h3-11H,1-2H3,(H,27,29)(H,28,30). The number of benzene rings is 2. The quantitative estimate of drug-likeness (QED) is 0.629. The van der Waals surface area contributed by atoms with Crippen LogP contribution in [0.5, 0.6) is 5.75 Å². The van der Waals surface area contributed by atoms with E-state index in [4.69, 9.17) is 4.74 Å². The van der Waals surface area contributed by atoms with Gasteiger partial charge < -0.3 is 15.4 Å². The number of carbonyl (C=O) groups excluding carboxylic acids is 2. The lowest BCUT2D eigenvalue weighted by molar-refractivity contribution is -0.138. The fraction of sp³-hybridized carbons (Fsp3) is 0.143. The van der Waals surface area contributed by atoms with Gasteiger partial charge in [0, 0.05) is 23.1 Å². The van der Waals surface area contributed by atoms with Crippen LogP contribution in [0.2, 0.25) is 0 Å². The highest BCUT2D eigenvalue weighted by molar-refractivity contribution is 6.06. The highest BCUT2D eigenvalue weighted by atomic mass is 19.4. The molecule has 0 fully saturated rings. The Morgan fingerprint density at radius 1 is 1.00 bits per heavy atom. The lowest BCUT2D eigenvalue weighted by atomic mass is 10.1. The van der Waals surface area contributed by atoms with Gasteiger partial charge in [-0.15, -0.1) is 0 Å². The summed E-state index contributed by atoms with van der Waals surface area (Å²) < 4.78 is 44.3. The fourth-order valence-electron chi connectivity index (χ4n) is 2.72. The SMILES string of the molecule is COc1ccc(C(=O)Nc2ccc(C)c(NC(=O)c3ccncn3)c2)cc1C(F)(F)F. The number of anilines is 2. The highest BCUT2D eigenvalue weighted by Crippen LogP contribution is 2.36. The Morgan fingerprint density at radius 3 is 2.42 bits per heavy atom. The number of nitrogens with zero attached hydrogens (tertiary/aromatic N) is 2. The van der Waals surface area contributed by atoms with Gasteiger partial charge in [-0.05, 0) is 48.9 Å². The molecule has 10 heteroatoms. The number of carbonyl (C=O) groups is 2. The normalized spacial score (nSPS) is 11.0. The van der Waals surface area contributed by atoms with Crippen LogP contribution in [-0.4, -0.2) is 28.9 Å². The average Bonchev–Trinajstić information content (AvgIpc) is 2.75. The maximum atomic E-state index is 13.2. The first kappa shape index (κ1) is 21.8. The van der Waals surface area contributed by atoms with E-state index in [2.05, 4.69) is 20.6 Å². The van der Waals surface area contributed by atoms with Crippen molar-refractivity contribution in [1.29, 1.82) is 0 Å². The van der Waals surface area contributed by atoms with Gasteiger partial charge in [0.2, 0.25) is 0 Å². The molecule has 0 saturated carbocycles. The minimum Gasteiger partial charge on any atom is -0.496 e. The molecule has 7 nitrogen and oxygen atoms in total. The van der Waals surface area contributed by atoms with E-state index in [1.807, 2.05) is 0 Å². The van der Waals surface area contributed by atoms with Crippen molar-refractivity contribution in [2.45, 2.75) is 13.1 Å². The van der Waals surface area contributed by atoms with Gasteiger partial charge in [0.1, 0.15) is 17.8 Å².